The first kappa shape index (κ1) is 22.6. The van der Waals surface area contributed by atoms with Gasteiger partial charge in [0.2, 0.25) is 11.6 Å². The molecule has 0 radical (unpaired) electrons. The number of ketones is 2. The van der Waals surface area contributed by atoms with Crippen LogP contribution in [0.15, 0.2) is 41.6 Å². The van der Waals surface area contributed by atoms with Gasteiger partial charge in [0.25, 0.3) is 0 Å². The minimum Gasteiger partial charge on any atom is -0.445 e. The predicted octanol–water partition coefficient (Wildman–Crippen LogP) is 1.47. The number of hydrogen-bond acceptors (Lipinski definition) is 8. The number of benzene rings is 1. The van der Waals surface area contributed by atoms with Crippen LogP contribution in [0.25, 0.3) is 0 Å². The molecule has 0 unspecified atom stereocenters. The van der Waals surface area contributed by atoms with E-state index in [0.717, 1.165) is 5.69 Å². The summed E-state index contributed by atoms with van der Waals surface area (Å²) >= 11 is 0. The maximum absolute atomic E-state index is 13.5. The summed E-state index contributed by atoms with van der Waals surface area (Å²) in [5, 5.41) is 6.35. The number of rotatable bonds is 8. The molecule has 2 heterocycles. The van der Waals surface area contributed by atoms with Crippen LogP contribution >= 0.6 is 0 Å². The fourth-order valence-corrected chi connectivity index (χ4v) is 4.52. The van der Waals surface area contributed by atoms with Gasteiger partial charge in [-0.15, -0.1) is 0 Å². The van der Waals surface area contributed by atoms with Crippen molar-refractivity contribution in [1.82, 2.24) is 9.88 Å². The fourth-order valence-electron chi connectivity index (χ4n) is 4.52. The topological polar surface area (TPSA) is 151 Å². The molecule has 1 aromatic heterocycles. The normalized spacial score (nSPS) is 19.4. The molecule has 1 aromatic carbocycles. The number of Topliss-reactive ketones (excluding diaryl/α,β-unsaturated/α-hetero) is 2. The number of aromatic nitrogens is 1. The van der Waals surface area contributed by atoms with Gasteiger partial charge >= 0.3 is 6.09 Å². The van der Waals surface area contributed by atoms with Gasteiger partial charge in [-0.3, -0.25) is 9.59 Å². The van der Waals surface area contributed by atoms with Crippen LogP contribution in [0.1, 0.15) is 45.1 Å². The van der Waals surface area contributed by atoms with Crippen molar-refractivity contribution in [3.8, 4) is 0 Å². The molecule has 4 rings (SSSR count). The first-order chi connectivity index (χ1) is 15.8. The Balaban J connectivity index is 1.63. The van der Waals surface area contributed by atoms with Crippen LogP contribution in [-0.4, -0.2) is 48.5 Å². The number of amides is 1. The molecule has 174 valence electrons. The van der Waals surface area contributed by atoms with Gasteiger partial charge in [-0.2, -0.15) is 0 Å². The maximum atomic E-state index is 13.5. The van der Waals surface area contributed by atoms with Crippen LogP contribution in [0.2, 0.25) is 0 Å². The summed E-state index contributed by atoms with van der Waals surface area (Å²) in [6.45, 7) is 2.64. The zero-order valence-corrected chi connectivity index (χ0v) is 18.5. The van der Waals surface area contributed by atoms with Gasteiger partial charge in [-0.05, 0) is 19.1 Å². The van der Waals surface area contributed by atoms with Crippen LogP contribution in [0.4, 0.5) is 10.5 Å². The molecule has 2 aromatic rings. The number of carbonyl (C=O) groups is 3. The second kappa shape index (κ2) is 9.08. The monoisotopic (exact) mass is 453 g/mol. The summed E-state index contributed by atoms with van der Waals surface area (Å²) < 4.78 is 12.3. The van der Waals surface area contributed by atoms with E-state index in [4.69, 9.17) is 20.9 Å². The van der Waals surface area contributed by atoms with Gasteiger partial charge in [-0.1, -0.05) is 18.2 Å². The van der Waals surface area contributed by atoms with Crippen molar-refractivity contribution in [2.24, 2.45) is 11.5 Å². The Kier molecular flexibility index (Phi) is 6.21. The number of nitrogens with zero attached hydrogens (tertiary/aromatic N) is 1. The van der Waals surface area contributed by atoms with E-state index in [1.165, 1.54) is 7.11 Å². The summed E-state index contributed by atoms with van der Waals surface area (Å²) in [7, 11) is 1.50. The molecular formula is C23H27N5O5. The van der Waals surface area contributed by atoms with Crippen LogP contribution in [0.5, 0.6) is 0 Å². The molecule has 0 spiro atoms. The van der Waals surface area contributed by atoms with E-state index < -0.39 is 18.2 Å². The van der Waals surface area contributed by atoms with E-state index in [9.17, 15) is 14.4 Å². The van der Waals surface area contributed by atoms with Gasteiger partial charge in [0.1, 0.15) is 18.4 Å². The van der Waals surface area contributed by atoms with Crippen molar-refractivity contribution in [3.05, 3.63) is 64.1 Å². The third-order valence-electron chi connectivity index (χ3n) is 5.99. The lowest BCUT2D eigenvalue weighted by Gasteiger charge is -2.21. The highest BCUT2D eigenvalue weighted by molar-refractivity contribution is 6.26. The number of primary amides is 1. The van der Waals surface area contributed by atoms with Gasteiger partial charge in [0, 0.05) is 43.6 Å². The van der Waals surface area contributed by atoms with Gasteiger partial charge < -0.3 is 36.1 Å². The molecule has 10 heteroatoms. The first-order valence-electron chi connectivity index (χ1n) is 10.6. The molecule has 0 saturated heterocycles. The number of anilines is 1. The Morgan fingerprint density at radius 2 is 1.85 bits per heavy atom. The molecule has 0 saturated carbocycles. The van der Waals surface area contributed by atoms with E-state index in [2.05, 4.69) is 10.6 Å². The van der Waals surface area contributed by atoms with Crippen LogP contribution < -0.4 is 22.1 Å². The molecule has 33 heavy (non-hydrogen) atoms. The molecule has 2 aliphatic rings. The van der Waals surface area contributed by atoms with Crippen molar-refractivity contribution in [2.45, 2.75) is 32.2 Å². The van der Waals surface area contributed by atoms with Gasteiger partial charge in [0.15, 0.2) is 0 Å². The Morgan fingerprint density at radius 3 is 2.52 bits per heavy atom. The van der Waals surface area contributed by atoms with E-state index in [1.54, 1.807) is 11.5 Å². The Morgan fingerprint density at radius 1 is 1.15 bits per heavy atom. The molecule has 0 fully saturated rings. The second-order valence-electron chi connectivity index (χ2n) is 8.00. The molecule has 6 N–H and O–H groups in total. The quantitative estimate of drug-likeness (QED) is 0.439. The Hall–Kier alpha value is -3.63. The molecule has 1 amide bonds. The smallest absolute Gasteiger partial charge is 0.404 e. The third-order valence-corrected chi connectivity index (χ3v) is 5.99. The number of hydrogen-bond donors (Lipinski definition) is 4. The van der Waals surface area contributed by atoms with Crippen molar-refractivity contribution in [1.29, 1.82) is 0 Å². The molecule has 10 nitrogen and oxygen atoms in total. The first-order valence-corrected chi connectivity index (χ1v) is 10.6. The number of nitrogens with two attached hydrogens (primary N) is 2. The minimum absolute atomic E-state index is 0.203. The van der Waals surface area contributed by atoms with E-state index >= 15 is 0 Å². The number of ether oxygens (including phenoxy) is 2. The number of carbonyl (C=O) groups excluding carboxylic acids is 3. The molecule has 2 atom stereocenters. The lowest BCUT2D eigenvalue weighted by Crippen LogP contribution is -2.34. The lowest BCUT2D eigenvalue weighted by atomic mass is 9.89. The summed E-state index contributed by atoms with van der Waals surface area (Å²) in [5.41, 5.74) is 14.3. The SMILES string of the molecule is CO[C@H]1c2c(COC(N)=O)c3c(n2C[C@@H]1N)C(=O)C(C)=C(NCCNc1ccccc1)C3=O. The highest BCUT2D eigenvalue weighted by Gasteiger charge is 2.44. The van der Waals surface area contributed by atoms with Crippen molar-refractivity contribution in [3.63, 3.8) is 0 Å². The highest BCUT2D eigenvalue weighted by atomic mass is 16.5. The highest BCUT2D eigenvalue weighted by Crippen LogP contribution is 2.41. The second-order valence-corrected chi connectivity index (χ2v) is 8.00. The average Bonchev–Trinajstić information content (AvgIpc) is 3.28. The van der Waals surface area contributed by atoms with Crippen LogP contribution in [-0.2, 0) is 22.6 Å². The summed E-state index contributed by atoms with van der Waals surface area (Å²) in [4.78, 5) is 38.2. The van der Waals surface area contributed by atoms with Crippen molar-refractivity contribution in [2.75, 3.05) is 25.5 Å². The van der Waals surface area contributed by atoms with Crippen molar-refractivity contribution >= 4 is 23.3 Å². The number of nitrogens with one attached hydrogen (secondary N) is 2. The minimum atomic E-state index is -0.980. The largest absolute Gasteiger partial charge is 0.445 e. The van der Waals surface area contributed by atoms with Crippen molar-refractivity contribution < 1.29 is 23.9 Å². The molecule has 0 bridgehead atoms. The van der Waals surface area contributed by atoms with Crippen LogP contribution in [0.3, 0.4) is 0 Å². The maximum Gasteiger partial charge on any atom is 0.404 e. The number of fused-ring (bicyclic) bond motifs is 3. The fraction of sp³-hybridized carbons (Fsp3) is 0.348. The lowest BCUT2D eigenvalue weighted by molar-refractivity contribution is 0.0871. The van der Waals surface area contributed by atoms with E-state index in [0.29, 0.717) is 36.5 Å². The predicted molar refractivity (Wildman–Crippen MR) is 121 cm³/mol. The van der Waals surface area contributed by atoms with Gasteiger partial charge in [-0.25, -0.2) is 4.79 Å². The summed E-state index contributed by atoms with van der Waals surface area (Å²) in [6, 6.07) is 9.26. The Bertz CT molecular complexity index is 1140. The Labute approximate surface area is 190 Å². The average molecular weight is 453 g/mol. The van der Waals surface area contributed by atoms with E-state index in [1.807, 2.05) is 30.3 Å². The molecule has 1 aliphatic carbocycles. The van der Waals surface area contributed by atoms with E-state index in [-0.39, 0.29) is 35.1 Å². The number of allylic oxidation sites excluding steroid dienone is 2. The third kappa shape index (κ3) is 3.98. The van der Waals surface area contributed by atoms with Gasteiger partial charge in [0.05, 0.1) is 23.0 Å². The standard InChI is InChI=1S/C23H27N5O5/c1-12-17(27-9-8-26-13-6-4-3-5-7-13)21(30)16-14(11-33-23(25)31)18-22(32-2)15(24)10-28(18)19(16)20(12)29/h3-7,15,22,26-27H,8-11,24H2,1-2H3,(H2,25,31)/t15-,22+/m0/s1. The van der Waals surface area contributed by atoms with Crippen LogP contribution in [0, 0.1) is 0 Å². The molecular weight excluding hydrogens is 426 g/mol. The number of methoxy groups -OCH3 is 1. The molecule has 1 aliphatic heterocycles. The summed E-state index contributed by atoms with van der Waals surface area (Å²) in [5.74, 6) is -0.617. The zero-order valence-electron chi connectivity index (χ0n) is 18.5. The number of para-hydroxylation sites is 1. The zero-order chi connectivity index (χ0) is 23.7. The summed E-state index contributed by atoms with van der Waals surface area (Å²) in [6.07, 6.45) is -1.53.